The van der Waals surface area contributed by atoms with Gasteiger partial charge in [-0.25, -0.2) is 8.78 Å². The van der Waals surface area contributed by atoms with Crippen molar-refractivity contribution in [3.8, 4) is 0 Å². The van der Waals surface area contributed by atoms with Crippen LogP contribution >= 0.6 is 15.9 Å². The van der Waals surface area contributed by atoms with Crippen LogP contribution in [0.3, 0.4) is 0 Å². The Morgan fingerprint density at radius 3 is 2.29 bits per heavy atom. The third kappa shape index (κ3) is 3.41. The lowest BCUT2D eigenvalue weighted by atomic mass is 10.1. The highest BCUT2D eigenvalue weighted by Crippen LogP contribution is 2.26. The summed E-state index contributed by atoms with van der Waals surface area (Å²) in [4.78, 5) is 0. The SMILES string of the molecule is Fc1cc(NC2CCCCCC2)c(F)cc1Br. The average Bonchev–Trinajstić information content (AvgIpc) is 2.54. The third-order valence-electron chi connectivity index (χ3n) is 3.22. The Balaban J connectivity index is 2.09. The van der Waals surface area contributed by atoms with E-state index in [-0.39, 0.29) is 16.2 Å². The summed E-state index contributed by atoms with van der Waals surface area (Å²) in [5.74, 6) is -0.829. The minimum Gasteiger partial charge on any atom is -0.380 e. The van der Waals surface area contributed by atoms with E-state index in [1.165, 1.54) is 25.0 Å². The van der Waals surface area contributed by atoms with Crippen molar-refractivity contribution in [2.24, 2.45) is 0 Å². The van der Waals surface area contributed by atoms with Crippen LogP contribution in [-0.2, 0) is 0 Å². The Labute approximate surface area is 109 Å². The molecule has 0 saturated heterocycles. The molecule has 1 aliphatic rings. The van der Waals surface area contributed by atoms with Crippen LogP contribution in [0, 0.1) is 11.6 Å². The van der Waals surface area contributed by atoms with Crippen LogP contribution < -0.4 is 5.32 Å². The van der Waals surface area contributed by atoms with Gasteiger partial charge in [0.1, 0.15) is 11.6 Å². The van der Waals surface area contributed by atoms with Gasteiger partial charge in [0.05, 0.1) is 10.2 Å². The molecule has 0 heterocycles. The van der Waals surface area contributed by atoms with Crippen molar-refractivity contribution in [2.45, 2.75) is 44.6 Å². The molecule has 0 spiro atoms. The number of hydrogen-bond donors (Lipinski definition) is 1. The highest BCUT2D eigenvalue weighted by atomic mass is 79.9. The van der Waals surface area contributed by atoms with Gasteiger partial charge < -0.3 is 5.32 Å². The summed E-state index contributed by atoms with van der Waals surface area (Å²) in [6.07, 6.45) is 6.90. The van der Waals surface area contributed by atoms with Gasteiger partial charge in [-0.2, -0.15) is 0 Å². The largest absolute Gasteiger partial charge is 0.380 e. The molecule has 1 aromatic carbocycles. The van der Waals surface area contributed by atoms with E-state index < -0.39 is 11.6 Å². The summed E-state index contributed by atoms with van der Waals surface area (Å²) in [6.45, 7) is 0. The predicted molar refractivity (Wildman–Crippen MR) is 69.2 cm³/mol. The molecule has 1 aliphatic carbocycles. The molecular weight excluding hydrogens is 288 g/mol. The Kier molecular flexibility index (Phi) is 4.37. The van der Waals surface area contributed by atoms with Crippen LogP contribution in [-0.4, -0.2) is 6.04 Å². The van der Waals surface area contributed by atoms with Crippen LogP contribution in [0.5, 0.6) is 0 Å². The van der Waals surface area contributed by atoms with Crippen LogP contribution in [0.4, 0.5) is 14.5 Å². The van der Waals surface area contributed by atoms with Crippen LogP contribution in [0.1, 0.15) is 38.5 Å². The highest BCUT2D eigenvalue weighted by Gasteiger charge is 2.15. The lowest BCUT2D eigenvalue weighted by Crippen LogP contribution is -2.19. The summed E-state index contributed by atoms with van der Waals surface area (Å²) in [6, 6.07) is 2.67. The first-order chi connectivity index (χ1) is 8.16. The average molecular weight is 304 g/mol. The summed E-state index contributed by atoms with van der Waals surface area (Å²) < 4.78 is 27.1. The fourth-order valence-corrected chi connectivity index (χ4v) is 2.59. The van der Waals surface area contributed by atoms with Gasteiger partial charge in [-0.3, -0.25) is 0 Å². The van der Waals surface area contributed by atoms with Gasteiger partial charge in [-0.1, -0.05) is 25.7 Å². The zero-order chi connectivity index (χ0) is 12.3. The minimum atomic E-state index is -0.428. The number of anilines is 1. The smallest absolute Gasteiger partial charge is 0.147 e. The van der Waals surface area contributed by atoms with Gasteiger partial charge in [-0.05, 0) is 34.8 Å². The molecule has 0 unspecified atom stereocenters. The Bertz CT molecular complexity index is 387. The quantitative estimate of drug-likeness (QED) is 0.607. The molecule has 0 aliphatic heterocycles. The first-order valence-electron chi connectivity index (χ1n) is 6.08. The first kappa shape index (κ1) is 12.8. The molecule has 1 fully saturated rings. The van der Waals surface area contributed by atoms with Crippen molar-refractivity contribution >= 4 is 21.6 Å². The van der Waals surface area contributed by atoms with Crippen molar-refractivity contribution in [1.29, 1.82) is 0 Å². The molecule has 2 rings (SSSR count). The van der Waals surface area contributed by atoms with E-state index in [0.29, 0.717) is 0 Å². The zero-order valence-corrected chi connectivity index (χ0v) is 11.2. The molecular formula is C13H16BrF2N. The van der Waals surface area contributed by atoms with E-state index in [0.717, 1.165) is 25.7 Å². The van der Waals surface area contributed by atoms with Crippen molar-refractivity contribution in [1.82, 2.24) is 0 Å². The second kappa shape index (κ2) is 5.80. The molecule has 17 heavy (non-hydrogen) atoms. The number of hydrogen-bond acceptors (Lipinski definition) is 1. The molecule has 1 nitrogen and oxygen atoms in total. The number of rotatable bonds is 2. The molecule has 0 amide bonds. The first-order valence-corrected chi connectivity index (χ1v) is 6.87. The van der Waals surface area contributed by atoms with Gasteiger partial charge in [-0.15, -0.1) is 0 Å². The topological polar surface area (TPSA) is 12.0 Å². The molecule has 1 aromatic rings. The minimum absolute atomic E-state index is 0.168. The maximum Gasteiger partial charge on any atom is 0.147 e. The monoisotopic (exact) mass is 303 g/mol. The molecule has 1 N–H and O–H groups in total. The van der Waals surface area contributed by atoms with Crippen molar-refractivity contribution in [3.63, 3.8) is 0 Å². The van der Waals surface area contributed by atoms with Crippen LogP contribution in [0.15, 0.2) is 16.6 Å². The highest BCUT2D eigenvalue weighted by molar-refractivity contribution is 9.10. The maximum atomic E-state index is 13.6. The number of nitrogens with one attached hydrogen (secondary N) is 1. The van der Waals surface area contributed by atoms with Gasteiger partial charge in [0, 0.05) is 12.1 Å². The summed E-state index contributed by atoms with van der Waals surface area (Å²) >= 11 is 2.98. The van der Waals surface area contributed by atoms with Crippen molar-refractivity contribution < 1.29 is 8.78 Å². The normalized spacial score (nSPS) is 17.8. The van der Waals surface area contributed by atoms with E-state index in [9.17, 15) is 8.78 Å². The molecule has 4 heteroatoms. The molecule has 0 bridgehead atoms. The second-order valence-corrected chi connectivity index (χ2v) is 5.43. The molecule has 1 saturated carbocycles. The van der Waals surface area contributed by atoms with Gasteiger partial charge in [0.2, 0.25) is 0 Å². The predicted octanol–water partition coefficient (Wildman–Crippen LogP) is 4.86. The summed E-state index contributed by atoms with van der Waals surface area (Å²) in [7, 11) is 0. The van der Waals surface area contributed by atoms with Crippen molar-refractivity contribution in [2.75, 3.05) is 5.32 Å². The Hall–Kier alpha value is -0.640. The van der Waals surface area contributed by atoms with E-state index in [1.807, 2.05) is 0 Å². The summed E-state index contributed by atoms with van der Waals surface area (Å²) in [5, 5.41) is 3.12. The second-order valence-electron chi connectivity index (χ2n) is 4.58. The zero-order valence-electron chi connectivity index (χ0n) is 9.61. The van der Waals surface area contributed by atoms with Gasteiger partial charge >= 0.3 is 0 Å². The Morgan fingerprint density at radius 1 is 1.00 bits per heavy atom. The van der Waals surface area contributed by atoms with E-state index in [1.54, 1.807) is 0 Å². The lowest BCUT2D eigenvalue weighted by Gasteiger charge is -2.18. The molecule has 0 atom stereocenters. The van der Waals surface area contributed by atoms with E-state index in [4.69, 9.17) is 0 Å². The van der Waals surface area contributed by atoms with Crippen molar-refractivity contribution in [3.05, 3.63) is 28.2 Å². The molecule has 0 radical (unpaired) electrons. The fourth-order valence-electron chi connectivity index (χ4n) is 2.28. The maximum absolute atomic E-state index is 13.6. The number of benzene rings is 1. The van der Waals surface area contributed by atoms with E-state index >= 15 is 0 Å². The van der Waals surface area contributed by atoms with Gasteiger partial charge in [0.15, 0.2) is 0 Å². The molecule has 0 aromatic heterocycles. The lowest BCUT2D eigenvalue weighted by molar-refractivity contribution is 0.581. The standard InChI is InChI=1S/C13H16BrF2N/c14-10-7-12(16)13(8-11(10)15)17-9-5-3-1-2-4-6-9/h7-9,17H,1-6H2. The van der Waals surface area contributed by atoms with Crippen LogP contribution in [0.25, 0.3) is 0 Å². The summed E-state index contributed by atoms with van der Waals surface area (Å²) in [5.41, 5.74) is 0.276. The Morgan fingerprint density at radius 2 is 1.65 bits per heavy atom. The van der Waals surface area contributed by atoms with Gasteiger partial charge in [0.25, 0.3) is 0 Å². The van der Waals surface area contributed by atoms with E-state index in [2.05, 4.69) is 21.2 Å². The molecule has 94 valence electrons. The number of halogens is 3. The third-order valence-corrected chi connectivity index (χ3v) is 3.83. The van der Waals surface area contributed by atoms with Crippen LogP contribution in [0.2, 0.25) is 0 Å². The fraction of sp³-hybridized carbons (Fsp3) is 0.538.